The van der Waals surface area contributed by atoms with Crippen LogP contribution in [-0.4, -0.2) is 16.9 Å². The molecule has 5 heteroatoms. The van der Waals surface area contributed by atoms with Crippen molar-refractivity contribution in [3.63, 3.8) is 0 Å². The maximum Gasteiger partial charge on any atom is 0.307 e. The van der Waals surface area contributed by atoms with Gasteiger partial charge in [-0.3, -0.25) is 9.59 Å². The van der Waals surface area contributed by atoms with E-state index in [1.165, 1.54) is 6.07 Å². The van der Waals surface area contributed by atoms with Crippen molar-refractivity contribution in [3.05, 3.63) is 33.8 Å². The summed E-state index contributed by atoms with van der Waals surface area (Å²) in [7, 11) is 0. The highest BCUT2D eigenvalue weighted by atomic mass is 35.5. The van der Waals surface area contributed by atoms with Crippen LogP contribution in [0.4, 0.5) is 0 Å². The van der Waals surface area contributed by atoms with Crippen LogP contribution in [0.2, 0.25) is 10.0 Å². The Morgan fingerprint density at radius 1 is 1.16 bits per heavy atom. The van der Waals surface area contributed by atoms with Crippen molar-refractivity contribution in [2.24, 2.45) is 17.8 Å². The summed E-state index contributed by atoms with van der Waals surface area (Å²) in [6.07, 6.45) is 1.16. The average molecular weight is 301 g/mol. The zero-order valence-electron chi connectivity index (χ0n) is 10.4. The van der Waals surface area contributed by atoms with E-state index >= 15 is 0 Å². The Morgan fingerprint density at radius 3 is 2.37 bits per heavy atom. The van der Waals surface area contributed by atoms with Crippen molar-refractivity contribution in [2.75, 3.05) is 0 Å². The number of carboxylic acids is 1. The van der Waals surface area contributed by atoms with E-state index < -0.39 is 17.8 Å². The number of rotatable bonds is 3. The molecule has 3 nitrogen and oxygen atoms in total. The number of carbonyl (C=O) groups excluding carboxylic acids is 1. The van der Waals surface area contributed by atoms with Gasteiger partial charge in [0.25, 0.3) is 0 Å². The Labute approximate surface area is 121 Å². The molecule has 19 heavy (non-hydrogen) atoms. The summed E-state index contributed by atoms with van der Waals surface area (Å²) in [6, 6.07) is 4.66. The molecule has 0 saturated heterocycles. The lowest BCUT2D eigenvalue weighted by molar-refractivity contribution is -0.142. The molecule has 0 heterocycles. The smallest absolute Gasteiger partial charge is 0.307 e. The first-order valence-corrected chi connectivity index (χ1v) is 6.87. The molecule has 1 fully saturated rings. The fraction of sp³-hybridized carbons (Fsp3) is 0.429. The van der Waals surface area contributed by atoms with Gasteiger partial charge < -0.3 is 5.11 Å². The third kappa shape index (κ3) is 2.93. The molecule has 0 aliphatic heterocycles. The molecule has 3 atom stereocenters. The minimum atomic E-state index is -0.900. The molecule has 0 bridgehead atoms. The fourth-order valence-corrected chi connectivity index (χ4v) is 3.02. The molecule has 0 amide bonds. The molecule has 1 aliphatic carbocycles. The van der Waals surface area contributed by atoms with Crippen molar-refractivity contribution in [3.8, 4) is 0 Å². The highest BCUT2D eigenvalue weighted by molar-refractivity contribution is 6.42. The van der Waals surface area contributed by atoms with Crippen LogP contribution >= 0.6 is 23.2 Å². The summed E-state index contributed by atoms with van der Waals surface area (Å²) in [4.78, 5) is 23.6. The van der Waals surface area contributed by atoms with Crippen molar-refractivity contribution >= 4 is 35.0 Å². The molecule has 3 unspecified atom stereocenters. The zero-order valence-corrected chi connectivity index (χ0v) is 11.9. The van der Waals surface area contributed by atoms with Gasteiger partial charge in [0.05, 0.1) is 16.0 Å². The summed E-state index contributed by atoms with van der Waals surface area (Å²) in [5.74, 6) is -1.88. The first-order valence-electron chi connectivity index (χ1n) is 6.12. The average Bonchev–Trinajstić information content (AvgIpc) is 2.74. The molecule has 1 aromatic rings. The Balaban J connectivity index is 2.27. The van der Waals surface area contributed by atoms with Gasteiger partial charge in [0, 0.05) is 11.5 Å². The van der Waals surface area contributed by atoms with E-state index in [1.807, 2.05) is 6.92 Å². The third-order valence-electron chi connectivity index (χ3n) is 3.66. The van der Waals surface area contributed by atoms with Crippen molar-refractivity contribution in [1.29, 1.82) is 0 Å². The van der Waals surface area contributed by atoms with Crippen LogP contribution in [0, 0.1) is 17.8 Å². The molecular weight excluding hydrogens is 287 g/mol. The Hall–Kier alpha value is -1.06. The van der Waals surface area contributed by atoms with E-state index in [2.05, 4.69) is 0 Å². The van der Waals surface area contributed by atoms with Gasteiger partial charge in [-0.05, 0) is 37.0 Å². The van der Waals surface area contributed by atoms with Gasteiger partial charge in [-0.1, -0.05) is 30.1 Å². The number of carboxylic acid groups (broad SMARTS) is 1. The van der Waals surface area contributed by atoms with Crippen LogP contribution in [0.25, 0.3) is 0 Å². The lowest BCUT2D eigenvalue weighted by Crippen LogP contribution is -2.25. The third-order valence-corrected chi connectivity index (χ3v) is 4.40. The van der Waals surface area contributed by atoms with Gasteiger partial charge in [-0.2, -0.15) is 0 Å². The second-order valence-electron chi connectivity index (χ2n) is 5.12. The number of hydrogen-bond donors (Lipinski definition) is 1. The van der Waals surface area contributed by atoms with Crippen LogP contribution in [0.1, 0.15) is 30.1 Å². The number of aliphatic carboxylic acids is 1. The zero-order chi connectivity index (χ0) is 14.2. The monoisotopic (exact) mass is 300 g/mol. The first-order chi connectivity index (χ1) is 8.90. The lowest BCUT2D eigenvalue weighted by Gasteiger charge is -2.14. The number of Topliss-reactive ketones (excluding diaryl/α,β-unsaturated/α-hetero) is 1. The molecule has 2 rings (SSSR count). The molecule has 1 N–H and O–H groups in total. The van der Waals surface area contributed by atoms with E-state index in [0.717, 1.165) is 0 Å². The van der Waals surface area contributed by atoms with Gasteiger partial charge in [-0.15, -0.1) is 0 Å². The topological polar surface area (TPSA) is 54.4 Å². The second-order valence-corrected chi connectivity index (χ2v) is 5.94. The highest BCUT2D eigenvalue weighted by Gasteiger charge is 2.41. The van der Waals surface area contributed by atoms with Crippen molar-refractivity contribution in [1.82, 2.24) is 0 Å². The lowest BCUT2D eigenvalue weighted by atomic mass is 9.88. The van der Waals surface area contributed by atoms with Gasteiger partial charge in [0.2, 0.25) is 0 Å². The number of carbonyl (C=O) groups is 2. The fourth-order valence-electron chi connectivity index (χ4n) is 2.72. The van der Waals surface area contributed by atoms with Crippen LogP contribution in [0.15, 0.2) is 18.2 Å². The van der Waals surface area contributed by atoms with E-state index in [-0.39, 0.29) is 11.7 Å². The summed E-state index contributed by atoms with van der Waals surface area (Å²) in [5, 5.41) is 9.89. The minimum Gasteiger partial charge on any atom is -0.481 e. The Morgan fingerprint density at radius 2 is 1.79 bits per heavy atom. The summed E-state index contributed by atoms with van der Waals surface area (Å²) < 4.78 is 0. The molecule has 1 saturated carbocycles. The van der Waals surface area contributed by atoms with Gasteiger partial charge >= 0.3 is 5.97 Å². The molecule has 0 aromatic heterocycles. The van der Waals surface area contributed by atoms with Crippen molar-refractivity contribution < 1.29 is 14.7 Å². The standard InChI is InChI=1S/C14H14Cl2O3/c1-7-4-9(10(5-7)14(18)19)13(17)8-2-3-11(15)12(16)6-8/h2-3,6-7,9-10H,4-5H2,1H3,(H,18,19). The van der Waals surface area contributed by atoms with Gasteiger partial charge in [0.15, 0.2) is 5.78 Å². The van der Waals surface area contributed by atoms with Crippen LogP contribution in [-0.2, 0) is 4.79 Å². The predicted molar refractivity (Wildman–Crippen MR) is 73.8 cm³/mol. The van der Waals surface area contributed by atoms with Crippen LogP contribution in [0.3, 0.4) is 0 Å². The normalized spacial score (nSPS) is 26.4. The highest BCUT2D eigenvalue weighted by Crippen LogP contribution is 2.38. The predicted octanol–water partition coefficient (Wildman–Crippen LogP) is 3.92. The van der Waals surface area contributed by atoms with E-state index in [4.69, 9.17) is 23.2 Å². The summed E-state index contributed by atoms with van der Waals surface area (Å²) in [5.41, 5.74) is 0.430. The summed E-state index contributed by atoms with van der Waals surface area (Å²) >= 11 is 11.7. The molecule has 0 spiro atoms. The quantitative estimate of drug-likeness (QED) is 0.861. The number of benzene rings is 1. The van der Waals surface area contributed by atoms with Crippen molar-refractivity contribution in [2.45, 2.75) is 19.8 Å². The molecule has 1 aromatic carbocycles. The van der Waals surface area contributed by atoms with Crippen LogP contribution < -0.4 is 0 Å². The van der Waals surface area contributed by atoms with Gasteiger partial charge in [-0.25, -0.2) is 0 Å². The Bertz CT molecular complexity index is 527. The van der Waals surface area contributed by atoms with E-state index in [1.54, 1.807) is 12.1 Å². The molecule has 102 valence electrons. The SMILES string of the molecule is CC1CC(C(=O)O)C(C(=O)c2ccc(Cl)c(Cl)c2)C1. The maximum absolute atomic E-state index is 12.4. The Kier molecular flexibility index (Phi) is 4.16. The minimum absolute atomic E-state index is 0.157. The number of halogens is 2. The number of hydrogen-bond acceptors (Lipinski definition) is 2. The largest absolute Gasteiger partial charge is 0.481 e. The molecule has 0 radical (unpaired) electrons. The second kappa shape index (κ2) is 5.51. The molecule has 1 aliphatic rings. The van der Waals surface area contributed by atoms with Crippen LogP contribution in [0.5, 0.6) is 0 Å². The van der Waals surface area contributed by atoms with E-state index in [0.29, 0.717) is 28.5 Å². The summed E-state index contributed by atoms with van der Waals surface area (Å²) in [6.45, 7) is 1.97. The maximum atomic E-state index is 12.4. The van der Waals surface area contributed by atoms with E-state index in [9.17, 15) is 14.7 Å². The van der Waals surface area contributed by atoms with Gasteiger partial charge in [0.1, 0.15) is 0 Å². The number of ketones is 1. The molecular formula is C14H14Cl2O3. The first kappa shape index (κ1) is 14.4.